The van der Waals surface area contributed by atoms with Crippen molar-refractivity contribution in [1.29, 1.82) is 0 Å². The second kappa shape index (κ2) is 12.4. The molecule has 41 heavy (non-hydrogen) atoms. The molecule has 8 nitrogen and oxygen atoms in total. The zero-order valence-electron chi connectivity index (χ0n) is 22.8. The number of carboxylic acids is 1. The van der Waals surface area contributed by atoms with E-state index in [1.54, 1.807) is 31.2 Å². The van der Waals surface area contributed by atoms with E-state index in [0.717, 1.165) is 37.4 Å². The van der Waals surface area contributed by atoms with Crippen LogP contribution >= 0.6 is 11.6 Å². The third-order valence-corrected chi connectivity index (χ3v) is 7.58. The highest BCUT2D eigenvalue weighted by molar-refractivity contribution is 6.30. The summed E-state index contributed by atoms with van der Waals surface area (Å²) in [7, 11) is 1.84. The fraction of sp³-hybridized carbons (Fsp3) is 0.367. The Morgan fingerprint density at radius 2 is 1.95 bits per heavy atom. The first-order valence-electron chi connectivity index (χ1n) is 13.4. The second-order valence-corrected chi connectivity index (χ2v) is 10.7. The number of carboxylic acid groups (broad SMARTS) is 1. The number of likely N-dealkylation sites (tertiary alicyclic amines) is 1. The predicted octanol–water partition coefficient (Wildman–Crippen LogP) is 6.15. The van der Waals surface area contributed by atoms with E-state index in [2.05, 4.69) is 9.88 Å². The van der Waals surface area contributed by atoms with Crippen LogP contribution in [-0.2, 0) is 20.2 Å². The molecule has 2 aromatic heterocycles. The maximum atomic E-state index is 14.1. The van der Waals surface area contributed by atoms with Crippen molar-refractivity contribution in [3.8, 4) is 11.6 Å². The molecule has 1 N–H and O–H groups in total. The van der Waals surface area contributed by atoms with Crippen LogP contribution in [0.15, 0.2) is 48.5 Å². The maximum Gasteiger partial charge on any atom is 0.335 e. The molecule has 0 bridgehead atoms. The topological polar surface area (TPSA) is 89.7 Å². The molecule has 1 aliphatic heterocycles. The van der Waals surface area contributed by atoms with Gasteiger partial charge in [-0.05, 0) is 63.2 Å². The summed E-state index contributed by atoms with van der Waals surface area (Å²) in [4.78, 5) is 23.4. The van der Waals surface area contributed by atoms with Crippen molar-refractivity contribution in [2.45, 2.75) is 44.9 Å². The van der Waals surface area contributed by atoms with E-state index in [4.69, 9.17) is 26.1 Å². The zero-order valence-corrected chi connectivity index (χ0v) is 23.6. The molecule has 0 saturated carbocycles. The lowest BCUT2D eigenvalue weighted by Gasteiger charge is -2.31. The van der Waals surface area contributed by atoms with Gasteiger partial charge in [0.15, 0.2) is 0 Å². The average Bonchev–Trinajstić information content (AvgIpc) is 3.28. The van der Waals surface area contributed by atoms with Gasteiger partial charge < -0.3 is 19.1 Å². The van der Waals surface area contributed by atoms with Crippen LogP contribution in [-0.4, -0.2) is 56.4 Å². The standard InChI is InChI=1S/C30H31ClF2N4O4/c1-18(15-32)41-26-13-21(30(38)39)12-25-29(26)35-27(36(25)2)16-37-10-8-19(9-11-37)24-4-3-5-28(34-24)40-17-20-6-7-22(31)14-23(20)33/h3-7,12-14,18-19H,8-11,15-17H2,1-2H3,(H,38,39)/t18-/m1/s1. The molecule has 1 fully saturated rings. The number of alkyl halides is 1. The highest BCUT2D eigenvalue weighted by Crippen LogP contribution is 2.32. The highest BCUT2D eigenvalue weighted by Gasteiger charge is 2.25. The Bertz CT molecular complexity index is 1560. The Hall–Kier alpha value is -3.76. The van der Waals surface area contributed by atoms with Gasteiger partial charge in [-0.3, -0.25) is 4.90 Å². The van der Waals surface area contributed by atoms with Gasteiger partial charge in [-0.2, -0.15) is 0 Å². The van der Waals surface area contributed by atoms with Gasteiger partial charge in [-0.1, -0.05) is 23.7 Å². The number of nitrogens with zero attached hydrogens (tertiary/aromatic N) is 4. The minimum Gasteiger partial charge on any atom is -0.486 e. The van der Waals surface area contributed by atoms with Crippen molar-refractivity contribution < 1.29 is 28.2 Å². The van der Waals surface area contributed by atoms with Gasteiger partial charge in [0.25, 0.3) is 0 Å². The Morgan fingerprint density at radius 3 is 2.66 bits per heavy atom. The van der Waals surface area contributed by atoms with Crippen LogP contribution in [0.2, 0.25) is 5.02 Å². The van der Waals surface area contributed by atoms with E-state index in [-0.39, 0.29) is 23.8 Å². The lowest BCUT2D eigenvalue weighted by atomic mass is 9.93. The molecule has 0 unspecified atom stereocenters. The molecule has 0 amide bonds. The van der Waals surface area contributed by atoms with Crippen molar-refractivity contribution in [3.63, 3.8) is 0 Å². The molecule has 0 aliphatic carbocycles. The van der Waals surface area contributed by atoms with E-state index in [1.807, 2.05) is 23.7 Å². The van der Waals surface area contributed by atoms with Gasteiger partial charge in [-0.15, -0.1) is 0 Å². The summed E-state index contributed by atoms with van der Waals surface area (Å²) in [6, 6.07) is 13.1. The number of halogens is 3. The van der Waals surface area contributed by atoms with Gasteiger partial charge in [0.2, 0.25) is 5.88 Å². The number of imidazole rings is 1. The number of ether oxygens (including phenoxy) is 2. The zero-order chi connectivity index (χ0) is 29.1. The molecule has 4 aromatic rings. The Labute approximate surface area is 241 Å². The van der Waals surface area contributed by atoms with E-state index >= 15 is 0 Å². The molecule has 2 aromatic carbocycles. The number of hydrogen-bond donors (Lipinski definition) is 1. The van der Waals surface area contributed by atoms with Gasteiger partial charge in [0, 0.05) is 35.3 Å². The Kier molecular flexibility index (Phi) is 8.70. The summed E-state index contributed by atoms with van der Waals surface area (Å²) in [5.74, 6) is 0.221. The number of carbonyl (C=O) groups is 1. The molecule has 1 aliphatic rings. The molecular formula is C30H31ClF2N4O4. The van der Waals surface area contributed by atoms with Crippen molar-refractivity contribution in [2.24, 2.45) is 7.05 Å². The summed E-state index contributed by atoms with van der Waals surface area (Å²) in [6.45, 7) is 3.16. The highest BCUT2D eigenvalue weighted by atomic mass is 35.5. The quantitative estimate of drug-likeness (QED) is 0.239. The van der Waals surface area contributed by atoms with Gasteiger partial charge in [0.05, 0.1) is 17.6 Å². The first-order chi connectivity index (χ1) is 19.7. The van der Waals surface area contributed by atoms with Crippen LogP contribution in [0.3, 0.4) is 0 Å². The van der Waals surface area contributed by atoms with Crippen LogP contribution in [0.25, 0.3) is 11.0 Å². The van der Waals surface area contributed by atoms with Crippen molar-refractivity contribution in [3.05, 3.63) is 82.0 Å². The van der Waals surface area contributed by atoms with Crippen LogP contribution in [0.1, 0.15) is 53.1 Å². The summed E-state index contributed by atoms with van der Waals surface area (Å²) >= 11 is 5.83. The van der Waals surface area contributed by atoms with Crippen molar-refractivity contribution in [2.75, 3.05) is 19.8 Å². The number of rotatable bonds is 10. The third-order valence-electron chi connectivity index (χ3n) is 7.34. The van der Waals surface area contributed by atoms with Gasteiger partial charge in [-0.25, -0.2) is 23.5 Å². The summed E-state index contributed by atoms with van der Waals surface area (Å²) in [5, 5.41) is 9.89. The largest absolute Gasteiger partial charge is 0.486 e. The monoisotopic (exact) mass is 584 g/mol. The van der Waals surface area contributed by atoms with E-state index in [9.17, 15) is 18.7 Å². The first-order valence-corrected chi connectivity index (χ1v) is 13.8. The number of fused-ring (bicyclic) bond motifs is 1. The maximum absolute atomic E-state index is 14.1. The molecular weight excluding hydrogens is 554 g/mol. The molecule has 5 rings (SSSR count). The fourth-order valence-electron chi connectivity index (χ4n) is 5.02. The summed E-state index contributed by atoms with van der Waals surface area (Å²) in [5.41, 5.74) is 2.54. The summed E-state index contributed by atoms with van der Waals surface area (Å²) in [6.07, 6.45) is 1.05. The molecule has 3 heterocycles. The second-order valence-electron chi connectivity index (χ2n) is 10.3. The molecule has 0 spiro atoms. The molecule has 1 saturated heterocycles. The lowest BCUT2D eigenvalue weighted by Crippen LogP contribution is -2.33. The summed E-state index contributed by atoms with van der Waals surface area (Å²) < 4.78 is 40.5. The number of piperidine rings is 1. The number of hydrogen-bond acceptors (Lipinski definition) is 6. The number of benzene rings is 2. The van der Waals surface area contributed by atoms with Gasteiger partial charge in [0.1, 0.15) is 42.3 Å². The minimum absolute atomic E-state index is 0.0589. The molecule has 11 heteroatoms. The van der Waals surface area contributed by atoms with Crippen LogP contribution in [0, 0.1) is 5.82 Å². The third kappa shape index (κ3) is 6.60. The van der Waals surface area contributed by atoms with E-state index in [1.165, 1.54) is 12.1 Å². The minimum atomic E-state index is -1.09. The van der Waals surface area contributed by atoms with E-state index < -0.39 is 24.6 Å². The first kappa shape index (κ1) is 28.8. The Balaban J connectivity index is 1.24. The number of aromatic nitrogens is 3. The molecule has 216 valence electrons. The number of pyridine rings is 1. The van der Waals surface area contributed by atoms with Gasteiger partial charge >= 0.3 is 5.97 Å². The predicted molar refractivity (Wildman–Crippen MR) is 151 cm³/mol. The SMILES string of the molecule is C[C@H](CF)Oc1cc(C(=O)O)cc2c1nc(CN1CCC(c3cccc(OCc4ccc(Cl)cc4F)n3)CC1)n2C. The lowest BCUT2D eigenvalue weighted by molar-refractivity contribution is 0.0696. The average molecular weight is 585 g/mol. The van der Waals surface area contributed by atoms with Crippen molar-refractivity contribution >= 4 is 28.6 Å². The molecule has 0 radical (unpaired) electrons. The normalized spacial score (nSPS) is 15.2. The van der Waals surface area contributed by atoms with Crippen LogP contribution in [0.5, 0.6) is 11.6 Å². The van der Waals surface area contributed by atoms with E-state index in [0.29, 0.717) is 34.0 Å². The number of aromatic carboxylic acids is 1. The van der Waals surface area contributed by atoms with Crippen LogP contribution in [0.4, 0.5) is 8.78 Å². The smallest absolute Gasteiger partial charge is 0.335 e. The Morgan fingerprint density at radius 1 is 1.17 bits per heavy atom. The fourth-order valence-corrected chi connectivity index (χ4v) is 5.18. The van der Waals surface area contributed by atoms with Crippen molar-refractivity contribution in [1.82, 2.24) is 19.4 Å². The molecule has 1 atom stereocenters. The van der Waals surface area contributed by atoms with Crippen LogP contribution < -0.4 is 9.47 Å². The number of aryl methyl sites for hydroxylation is 1.